The molecule has 0 saturated heterocycles. The van der Waals surface area contributed by atoms with Gasteiger partial charge in [-0.1, -0.05) is 0 Å². The van der Waals surface area contributed by atoms with Gasteiger partial charge < -0.3 is 10.1 Å². The topological polar surface area (TPSA) is 33.6 Å². The van der Waals surface area contributed by atoms with E-state index in [4.69, 9.17) is 4.74 Å². The summed E-state index contributed by atoms with van der Waals surface area (Å²) in [6, 6.07) is 0. The lowest BCUT2D eigenvalue weighted by Crippen LogP contribution is -2.24. The van der Waals surface area contributed by atoms with Crippen LogP contribution in [0, 0.1) is 0 Å². The quantitative estimate of drug-likeness (QED) is 0.632. The Bertz CT molecular complexity index is 147. The molecule has 4 heteroatoms. The maximum absolute atomic E-state index is 5.54. The van der Waals surface area contributed by atoms with Crippen LogP contribution in [0.5, 0.6) is 0 Å². The van der Waals surface area contributed by atoms with Gasteiger partial charge in [-0.25, -0.2) is 0 Å². The Balaban J connectivity index is 3.20. The predicted molar refractivity (Wildman–Crippen MR) is 60.5 cm³/mol. The number of hydrogen-bond donors (Lipinski definition) is 1. The van der Waals surface area contributed by atoms with E-state index in [0.29, 0.717) is 6.10 Å². The summed E-state index contributed by atoms with van der Waals surface area (Å²) in [5, 5.41) is 3.08. The van der Waals surface area contributed by atoms with E-state index in [-0.39, 0.29) is 10.7 Å². The van der Waals surface area contributed by atoms with E-state index >= 15 is 0 Å². The van der Waals surface area contributed by atoms with Crippen molar-refractivity contribution in [2.24, 2.45) is 4.36 Å². The second kappa shape index (κ2) is 8.66. The van der Waals surface area contributed by atoms with Crippen LogP contribution in [-0.4, -0.2) is 45.4 Å². The molecule has 13 heavy (non-hydrogen) atoms. The van der Waals surface area contributed by atoms with Crippen LogP contribution in [0.3, 0.4) is 0 Å². The van der Waals surface area contributed by atoms with Crippen molar-refractivity contribution in [3.05, 3.63) is 0 Å². The first-order chi connectivity index (χ1) is 6.16. The molecule has 0 spiro atoms. The molecule has 0 heterocycles. The van der Waals surface area contributed by atoms with Crippen LogP contribution < -0.4 is 5.32 Å². The Hall–Kier alpha value is 0.0700. The highest BCUT2D eigenvalue weighted by Gasteiger charge is 1.98. The van der Waals surface area contributed by atoms with Crippen LogP contribution in [0.4, 0.5) is 0 Å². The molecular formula is C9H22N2OS. The molecule has 0 aromatic rings. The maximum Gasteiger partial charge on any atom is 0.0671 e. The maximum atomic E-state index is 5.54. The average Bonchev–Trinajstić information content (AvgIpc) is 2.03. The van der Waals surface area contributed by atoms with Crippen LogP contribution in [0.25, 0.3) is 0 Å². The first-order valence-electron chi connectivity index (χ1n) is 4.68. The van der Waals surface area contributed by atoms with Gasteiger partial charge in [-0.05, 0) is 32.9 Å². The van der Waals surface area contributed by atoms with Crippen molar-refractivity contribution >= 4 is 10.7 Å². The fourth-order valence-electron chi connectivity index (χ4n) is 0.943. The van der Waals surface area contributed by atoms with Gasteiger partial charge in [0.15, 0.2) is 0 Å². The normalized spacial score (nSPS) is 13.3. The minimum atomic E-state index is 0.224. The van der Waals surface area contributed by atoms with Crippen LogP contribution in [0.1, 0.15) is 13.3 Å². The second-order valence-electron chi connectivity index (χ2n) is 3.22. The molecule has 0 rings (SSSR count). The molecule has 1 atom stereocenters. The molecule has 80 valence electrons. The third kappa shape index (κ3) is 9.99. The van der Waals surface area contributed by atoms with E-state index in [1.54, 1.807) is 0 Å². The summed E-state index contributed by atoms with van der Waals surface area (Å²) >= 11 is 0. The molecule has 0 amide bonds. The summed E-state index contributed by atoms with van der Waals surface area (Å²) in [5.41, 5.74) is 0. The predicted octanol–water partition coefficient (Wildman–Crippen LogP) is 1.06. The van der Waals surface area contributed by atoms with E-state index in [1.807, 2.05) is 7.05 Å². The van der Waals surface area contributed by atoms with Crippen molar-refractivity contribution in [2.45, 2.75) is 19.4 Å². The molecule has 1 unspecified atom stereocenters. The fourth-order valence-corrected chi connectivity index (χ4v) is 1.44. The fraction of sp³-hybridized carbons (Fsp3) is 1.00. The van der Waals surface area contributed by atoms with Gasteiger partial charge in [-0.15, -0.1) is 10.7 Å². The van der Waals surface area contributed by atoms with Crippen molar-refractivity contribution < 1.29 is 4.74 Å². The van der Waals surface area contributed by atoms with Gasteiger partial charge in [0, 0.05) is 19.7 Å². The van der Waals surface area contributed by atoms with Gasteiger partial charge in [0.2, 0.25) is 0 Å². The standard InChI is InChI=1S/C9H22N2OS/c1-9(8-10-2)12-7-5-6-11-13(3)4/h9-10H,5-8H2,1-4H3. The summed E-state index contributed by atoms with van der Waals surface area (Å²) < 4.78 is 9.94. The molecule has 3 nitrogen and oxygen atoms in total. The zero-order valence-corrected chi connectivity index (χ0v) is 9.99. The highest BCUT2D eigenvalue weighted by atomic mass is 32.2. The molecule has 0 aliphatic carbocycles. The summed E-state index contributed by atoms with van der Waals surface area (Å²) in [6.45, 7) is 4.76. The lowest BCUT2D eigenvalue weighted by atomic mass is 10.4. The molecule has 0 aromatic heterocycles. The number of likely N-dealkylation sites (N-methyl/N-ethyl adjacent to an activating group) is 1. The largest absolute Gasteiger partial charge is 0.377 e. The number of nitrogens with one attached hydrogen (secondary N) is 1. The second-order valence-corrected chi connectivity index (χ2v) is 5.02. The molecule has 0 saturated carbocycles. The summed E-state index contributed by atoms with van der Waals surface area (Å²) in [4.78, 5) is 0. The summed E-state index contributed by atoms with van der Waals surface area (Å²) in [7, 11) is 2.16. The third-order valence-corrected chi connectivity index (χ3v) is 2.24. The Labute approximate surface area is 84.3 Å². The summed E-state index contributed by atoms with van der Waals surface area (Å²) in [5.74, 6) is 0. The molecule has 0 aliphatic rings. The Morgan fingerprint density at radius 2 is 2.15 bits per heavy atom. The van der Waals surface area contributed by atoms with Gasteiger partial charge in [-0.2, -0.15) is 0 Å². The number of hydrogen-bond acceptors (Lipinski definition) is 3. The SMILES string of the molecule is CNCC(C)OCCCN=S(C)C. The minimum Gasteiger partial charge on any atom is -0.377 e. The molecule has 0 bridgehead atoms. The van der Waals surface area contributed by atoms with Gasteiger partial charge in [0.1, 0.15) is 0 Å². The number of nitrogens with zero attached hydrogens (tertiary/aromatic N) is 1. The third-order valence-electron chi connectivity index (χ3n) is 1.55. The van der Waals surface area contributed by atoms with Crippen molar-refractivity contribution in [1.29, 1.82) is 0 Å². The minimum absolute atomic E-state index is 0.224. The molecule has 1 N–H and O–H groups in total. The van der Waals surface area contributed by atoms with Gasteiger partial charge in [-0.3, -0.25) is 4.36 Å². The van der Waals surface area contributed by atoms with E-state index in [0.717, 1.165) is 26.1 Å². The van der Waals surface area contributed by atoms with E-state index in [9.17, 15) is 0 Å². The zero-order valence-electron chi connectivity index (χ0n) is 9.17. The van der Waals surface area contributed by atoms with Crippen LogP contribution in [-0.2, 0) is 15.4 Å². The Morgan fingerprint density at radius 3 is 2.69 bits per heavy atom. The molecular weight excluding hydrogens is 184 g/mol. The van der Waals surface area contributed by atoms with E-state index in [2.05, 4.69) is 29.1 Å². The lowest BCUT2D eigenvalue weighted by molar-refractivity contribution is 0.0668. The molecule has 0 aliphatic heterocycles. The van der Waals surface area contributed by atoms with Crippen molar-refractivity contribution in [3.8, 4) is 0 Å². The van der Waals surface area contributed by atoms with Crippen LogP contribution in [0.2, 0.25) is 0 Å². The van der Waals surface area contributed by atoms with Crippen LogP contribution in [0.15, 0.2) is 4.36 Å². The molecule has 0 fully saturated rings. The van der Waals surface area contributed by atoms with Crippen molar-refractivity contribution in [2.75, 3.05) is 39.3 Å². The molecule has 0 aromatic carbocycles. The highest BCUT2D eigenvalue weighted by molar-refractivity contribution is 7.85. The van der Waals surface area contributed by atoms with E-state index in [1.165, 1.54) is 0 Å². The van der Waals surface area contributed by atoms with E-state index < -0.39 is 0 Å². The van der Waals surface area contributed by atoms with Gasteiger partial charge in [0.05, 0.1) is 6.10 Å². The number of ether oxygens (including phenoxy) is 1. The monoisotopic (exact) mass is 206 g/mol. The van der Waals surface area contributed by atoms with Gasteiger partial charge in [0.25, 0.3) is 0 Å². The van der Waals surface area contributed by atoms with Crippen molar-refractivity contribution in [1.82, 2.24) is 5.32 Å². The summed E-state index contributed by atoms with van der Waals surface area (Å²) in [6.07, 6.45) is 5.61. The van der Waals surface area contributed by atoms with Crippen molar-refractivity contribution in [3.63, 3.8) is 0 Å². The average molecular weight is 206 g/mol. The molecule has 0 radical (unpaired) electrons. The first kappa shape index (κ1) is 13.1. The van der Waals surface area contributed by atoms with Crippen LogP contribution >= 0.6 is 0 Å². The highest BCUT2D eigenvalue weighted by Crippen LogP contribution is 1.92. The Kier molecular flexibility index (Phi) is 8.71. The Morgan fingerprint density at radius 1 is 1.46 bits per heavy atom. The smallest absolute Gasteiger partial charge is 0.0671 e. The number of rotatable bonds is 7. The zero-order chi connectivity index (χ0) is 10.1. The van der Waals surface area contributed by atoms with Gasteiger partial charge >= 0.3 is 0 Å². The first-order valence-corrected chi connectivity index (χ1v) is 6.68. The lowest BCUT2D eigenvalue weighted by Gasteiger charge is -2.11.